The Labute approximate surface area is 169 Å². The molecule has 1 amide bonds. The molecule has 2 heterocycles. The van der Waals surface area contributed by atoms with Crippen LogP contribution >= 0.6 is 0 Å². The van der Waals surface area contributed by atoms with Gasteiger partial charge in [0, 0.05) is 71.7 Å². The van der Waals surface area contributed by atoms with E-state index in [1.807, 2.05) is 48.2 Å². The van der Waals surface area contributed by atoms with Gasteiger partial charge in [0.05, 0.1) is 5.56 Å². The monoisotopic (exact) mass is 388 g/mol. The van der Waals surface area contributed by atoms with E-state index in [1.165, 1.54) is 0 Å². The quantitative estimate of drug-likeness (QED) is 0.802. The van der Waals surface area contributed by atoms with E-state index in [-0.39, 0.29) is 12.5 Å². The van der Waals surface area contributed by atoms with Crippen molar-refractivity contribution in [2.75, 3.05) is 71.9 Å². The summed E-state index contributed by atoms with van der Waals surface area (Å²) in [5.74, 6) is 0.565. The first-order valence-corrected chi connectivity index (χ1v) is 10.6. The second-order valence-electron chi connectivity index (χ2n) is 8.48. The zero-order valence-corrected chi connectivity index (χ0v) is 17.7. The number of piperazine rings is 1. The highest BCUT2D eigenvalue weighted by atomic mass is 16.3. The van der Waals surface area contributed by atoms with E-state index in [2.05, 4.69) is 16.8 Å². The second kappa shape index (κ2) is 9.72. The zero-order chi connectivity index (χ0) is 20.1. The van der Waals surface area contributed by atoms with Crippen molar-refractivity contribution in [2.24, 2.45) is 5.92 Å². The minimum atomic E-state index is 0.134. The van der Waals surface area contributed by atoms with Crippen molar-refractivity contribution >= 4 is 11.6 Å². The number of rotatable bonds is 6. The van der Waals surface area contributed by atoms with Crippen LogP contribution in [0.5, 0.6) is 0 Å². The summed E-state index contributed by atoms with van der Waals surface area (Å²) in [6, 6.07) is 8.39. The number of likely N-dealkylation sites (N-methyl/N-ethyl adjacent to an activating group) is 1. The van der Waals surface area contributed by atoms with Gasteiger partial charge in [-0.05, 0) is 44.4 Å². The van der Waals surface area contributed by atoms with Gasteiger partial charge < -0.3 is 19.8 Å². The highest BCUT2D eigenvalue weighted by Crippen LogP contribution is 2.29. The molecule has 28 heavy (non-hydrogen) atoms. The van der Waals surface area contributed by atoms with Gasteiger partial charge in [0.1, 0.15) is 0 Å². The maximum absolute atomic E-state index is 13.3. The Morgan fingerprint density at radius 3 is 2.54 bits per heavy atom. The number of hydrogen-bond donors (Lipinski definition) is 1. The van der Waals surface area contributed by atoms with Gasteiger partial charge in [-0.15, -0.1) is 0 Å². The van der Waals surface area contributed by atoms with Crippen molar-refractivity contribution in [3.63, 3.8) is 0 Å². The number of carbonyl (C=O) groups excluding carboxylic acids is 1. The average Bonchev–Trinajstić information content (AvgIpc) is 2.72. The molecule has 0 saturated carbocycles. The Balaban J connectivity index is 1.72. The molecule has 0 aliphatic carbocycles. The average molecular weight is 389 g/mol. The maximum Gasteiger partial charge on any atom is 0.255 e. The number of nitrogens with zero attached hydrogens (tertiary/aromatic N) is 4. The van der Waals surface area contributed by atoms with Gasteiger partial charge in [0.25, 0.3) is 5.91 Å². The molecule has 1 aromatic rings. The second-order valence-corrected chi connectivity index (χ2v) is 8.48. The minimum Gasteiger partial charge on any atom is -0.396 e. The molecule has 2 fully saturated rings. The number of para-hydroxylation sites is 1. The van der Waals surface area contributed by atoms with Crippen LogP contribution in [0, 0.1) is 5.92 Å². The van der Waals surface area contributed by atoms with E-state index in [1.54, 1.807) is 0 Å². The molecular formula is C22H36N4O2. The summed E-state index contributed by atoms with van der Waals surface area (Å²) in [4.78, 5) is 22.4. The van der Waals surface area contributed by atoms with Crippen molar-refractivity contribution < 1.29 is 9.90 Å². The van der Waals surface area contributed by atoms with Gasteiger partial charge in [-0.2, -0.15) is 0 Å². The largest absolute Gasteiger partial charge is 0.396 e. The summed E-state index contributed by atoms with van der Waals surface area (Å²) in [7, 11) is 6.15. The predicted octanol–water partition coefficient (Wildman–Crippen LogP) is 1.60. The molecule has 0 unspecified atom stereocenters. The minimum absolute atomic E-state index is 0.134. The fourth-order valence-corrected chi connectivity index (χ4v) is 4.69. The van der Waals surface area contributed by atoms with E-state index < -0.39 is 0 Å². The SMILES string of the molecule is CN1CCN([C@H]2CCN(C(=O)c3ccccc3N(C)C)C[C@H]2CCCO)CC1. The van der Waals surface area contributed by atoms with Crippen LogP contribution < -0.4 is 4.90 Å². The summed E-state index contributed by atoms with van der Waals surface area (Å²) in [6.07, 6.45) is 2.81. The number of aliphatic hydroxyl groups excluding tert-OH is 1. The lowest BCUT2D eigenvalue weighted by Crippen LogP contribution is -2.57. The maximum atomic E-state index is 13.3. The third kappa shape index (κ3) is 4.85. The van der Waals surface area contributed by atoms with Crippen LogP contribution in [0.4, 0.5) is 5.69 Å². The number of piperidine rings is 1. The van der Waals surface area contributed by atoms with Crippen LogP contribution in [0.2, 0.25) is 0 Å². The van der Waals surface area contributed by atoms with Crippen molar-refractivity contribution in [3.8, 4) is 0 Å². The van der Waals surface area contributed by atoms with Crippen LogP contribution in [-0.4, -0.2) is 98.8 Å². The molecular weight excluding hydrogens is 352 g/mol. The third-order valence-electron chi connectivity index (χ3n) is 6.34. The topological polar surface area (TPSA) is 50.3 Å². The lowest BCUT2D eigenvalue weighted by Gasteiger charge is -2.46. The normalized spacial score (nSPS) is 24.4. The molecule has 2 aliphatic heterocycles. The number of carbonyl (C=O) groups is 1. The van der Waals surface area contributed by atoms with Crippen molar-refractivity contribution in [1.82, 2.24) is 14.7 Å². The molecule has 2 saturated heterocycles. The Kier molecular flexibility index (Phi) is 7.32. The molecule has 1 aromatic carbocycles. The predicted molar refractivity (Wildman–Crippen MR) is 114 cm³/mol. The summed E-state index contributed by atoms with van der Waals surface area (Å²) in [5.41, 5.74) is 1.76. The van der Waals surface area contributed by atoms with Crippen LogP contribution in [-0.2, 0) is 0 Å². The standard InChI is InChI=1S/C22H36N4O2/c1-23(2)21-9-5-4-8-19(21)22(28)26-11-10-20(18(17-26)7-6-16-27)25-14-12-24(3)13-15-25/h4-5,8-9,18,20,27H,6-7,10-17H2,1-3H3/t18-,20+/m1/s1. The third-order valence-corrected chi connectivity index (χ3v) is 6.34. The summed E-state index contributed by atoms with van der Waals surface area (Å²) in [5, 5.41) is 9.37. The van der Waals surface area contributed by atoms with Gasteiger partial charge in [0.2, 0.25) is 0 Å². The Morgan fingerprint density at radius 2 is 1.86 bits per heavy atom. The molecule has 2 atom stereocenters. The summed E-state index contributed by atoms with van der Waals surface area (Å²) < 4.78 is 0. The fraction of sp³-hybridized carbons (Fsp3) is 0.682. The van der Waals surface area contributed by atoms with E-state index in [0.29, 0.717) is 12.0 Å². The lowest BCUT2D eigenvalue weighted by atomic mass is 9.86. The molecule has 3 rings (SSSR count). The van der Waals surface area contributed by atoms with Crippen LogP contribution in [0.3, 0.4) is 0 Å². The molecule has 2 aliphatic rings. The van der Waals surface area contributed by atoms with Gasteiger partial charge in [-0.1, -0.05) is 12.1 Å². The van der Waals surface area contributed by atoms with Gasteiger partial charge in [-0.25, -0.2) is 0 Å². The number of benzene rings is 1. The first-order valence-electron chi connectivity index (χ1n) is 10.6. The molecule has 6 nitrogen and oxygen atoms in total. The molecule has 0 aromatic heterocycles. The number of likely N-dealkylation sites (tertiary alicyclic amines) is 1. The Hall–Kier alpha value is -1.63. The van der Waals surface area contributed by atoms with Crippen molar-refractivity contribution in [1.29, 1.82) is 0 Å². The molecule has 1 N–H and O–H groups in total. The smallest absolute Gasteiger partial charge is 0.255 e. The number of hydrogen-bond acceptors (Lipinski definition) is 5. The molecule has 0 spiro atoms. The van der Waals surface area contributed by atoms with Crippen LogP contribution in [0.25, 0.3) is 0 Å². The first kappa shape index (κ1) is 21.1. The highest BCUT2D eigenvalue weighted by Gasteiger charge is 2.36. The summed E-state index contributed by atoms with van der Waals surface area (Å²) >= 11 is 0. The lowest BCUT2D eigenvalue weighted by molar-refractivity contribution is 0.0218. The van der Waals surface area contributed by atoms with E-state index in [0.717, 1.165) is 69.8 Å². The fourth-order valence-electron chi connectivity index (χ4n) is 4.69. The van der Waals surface area contributed by atoms with E-state index >= 15 is 0 Å². The zero-order valence-electron chi connectivity index (χ0n) is 17.7. The molecule has 156 valence electrons. The summed E-state index contributed by atoms with van der Waals surface area (Å²) in [6.45, 7) is 6.26. The first-order chi connectivity index (χ1) is 13.5. The van der Waals surface area contributed by atoms with Gasteiger partial charge >= 0.3 is 0 Å². The molecule has 0 bridgehead atoms. The van der Waals surface area contributed by atoms with Crippen LogP contribution in [0.15, 0.2) is 24.3 Å². The van der Waals surface area contributed by atoms with Crippen molar-refractivity contribution in [2.45, 2.75) is 25.3 Å². The van der Waals surface area contributed by atoms with Crippen LogP contribution in [0.1, 0.15) is 29.6 Å². The number of aliphatic hydroxyl groups is 1. The number of amides is 1. The van der Waals surface area contributed by atoms with Gasteiger partial charge in [-0.3, -0.25) is 9.69 Å². The Bertz CT molecular complexity index is 643. The molecule has 0 radical (unpaired) electrons. The Morgan fingerprint density at radius 1 is 1.14 bits per heavy atom. The van der Waals surface area contributed by atoms with Crippen molar-refractivity contribution in [3.05, 3.63) is 29.8 Å². The molecule has 6 heteroatoms. The number of anilines is 1. The van der Waals surface area contributed by atoms with E-state index in [9.17, 15) is 9.90 Å². The highest BCUT2D eigenvalue weighted by molar-refractivity contribution is 5.99. The van der Waals surface area contributed by atoms with E-state index in [4.69, 9.17) is 0 Å². The van der Waals surface area contributed by atoms with Gasteiger partial charge in [0.15, 0.2) is 0 Å².